The Bertz CT molecular complexity index is 649. The minimum absolute atomic E-state index is 0.554. The van der Waals surface area contributed by atoms with Crippen molar-refractivity contribution in [3.8, 4) is 0 Å². The first-order chi connectivity index (χ1) is 10.7. The van der Waals surface area contributed by atoms with Crippen LogP contribution >= 0.6 is 23.1 Å². The summed E-state index contributed by atoms with van der Waals surface area (Å²) in [4.78, 5) is 4.28. The van der Waals surface area contributed by atoms with Gasteiger partial charge in [0.25, 0.3) is 0 Å². The van der Waals surface area contributed by atoms with Crippen molar-refractivity contribution in [1.29, 1.82) is 0 Å². The molecule has 2 heterocycles. The summed E-state index contributed by atoms with van der Waals surface area (Å²) in [5, 5.41) is 4.27. The minimum atomic E-state index is 0.554. The van der Waals surface area contributed by atoms with Crippen molar-refractivity contribution in [3.63, 3.8) is 0 Å². The molecule has 1 aliphatic rings. The van der Waals surface area contributed by atoms with Crippen LogP contribution in [-0.4, -0.2) is 23.3 Å². The Morgan fingerprint density at radius 3 is 2.91 bits per heavy atom. The molecule has 0 saturated carbocycles. The van der Waals surface area contributed by atoms with E-state index in [-0.39, 0.29) is 0 Å². The Labute approximate surface area is 140 Å². The molecule has 0 radical (unpaired) electrons. The number of nitrogens with one attached hydrogen (secondary N) is 1. The lowest BCUT2D eigenvalue weighted by atomic mass is 9.94. The van der Waals surface area contributed by atoms with E-state index in [9.17, 15) is 0 Å². The molecule has 3 nitrogen and oxygen atoms in total. The summed E-state index contributed by atoms with van der Waals surface area (Å²) in [6.07, 6.45) is 4.58. The van der Waals surface area contributed by atoms with Crippen molar-refractivity contribution in [2.45, 2.75) is 30.0 Å². The molecular formula is C17H21N3S2. The molecule has 0 fully saturated rings. The molecular weight excluding hydrogens is 310 g/mol. The van der Waals surface area contributed by atoms with Crippen LogP contribution in [0.3, 0.4) is 0 Å². The number of hydrogen-bond donors (Lipinski definition) is 2. The van der Waals surface area contributed by atoms with Gasteiger partial charge in [0.05, 0.1) is 9.90 Å². The normalized spacial score (nSPS) is 18.2. The fourth-order valence-electron chi connectivity index (χ4n) is 2.69. The molecule has 0 amide bonds. The fourth-order valence-corrected chi connectivity index (χ4v) is 4.84. The molecule has 0 aliphatic carbocycles. The number of anilines is 1. The van der Waals surface area contributed by atoms with Gasteiger partial charge in [0.15, 0.2) is 5.13 Å². The quantitative estimate of drug-likeness (QED) is 0.814. The Hall–Kier alpha value is -1.30. The standard InChI is InChI=1S/C17H21N3S2/c1-12-16(22-17(18)20-12)21-10-8-15-11-14(7-9-19-15)13-5-3-2-4-6-13/h2-7,15,19H,8-11H2,1H3,(H2,18,20). The predicted molar refractivity (Wildman–Crippen MR) is 97.4 cm³/mol. The highest BCUT2D eigenvalue weighted by atomic mass is 32.2. The maximum absolute atomic E-state index is 5.75. The summed E-state index contributed by atoms with van der Waals surface area (Å²) in [6.45, 7) is 3.00. The number of nitrogen functional groups attached to an aromatic ring is 1. The third-order valence-electron chi connectivity index (χ3n) is 3.84. The van der Waals surface area contributed by atoms with Crippen LogP contribution in [0.2, 0.25) is 0 Å². The highest BCUT2D eigenvalue weighted by Gasteiger charge is 2.16. The van der Waals surface area contributed by atoms with Gasteiger partial charge >= 0.3 is 0 Å². The summed E-state index contributed by atoms with van der Waals surface area (Å²) in [7, 11) is 0. The van der Waals surface area contributed by atoms with Crippen LogP contribution in [0.5, 0.6) is 0 Å². The molecule has 2 aromatic rings. The number of rotatable bonds is 5. The third-order valence-corrected chi connectivity index (χ3v) is 6.22. The second kappa shape index (κ2) is 7.31. The molecule has 3 rings (SSSR count). The average molecular weight is 332 g/mol. The van der Waals surface area contributed by atoms with Crippen molar-refractivity contribution in [1.82, 2.24) is 10.3 Å². The second-order valence-corrected chi connectivity index (χ2v) is 7.86. The van der Waals surface area contributed by atoms with Crippen molar-refractivity contribution >= 4 is 33.8 Å². The highest BCUT2D eigenvalue weighted by molar-refractivity contribution is 8.01. The van der Waals surface area contributed by atoms with E-state index in [2.05, 4.69) is 46.7 Å². The van der Waals surface area contributed by atoms with Crippen molar-refractivity contribution in [2.24, 2.45) is 0 Å². The monoisotopic (exact) mass is 331 g/mol. The van der Waals surface area contributed by atoms with Crippen LogP contribution in [0.1, 0.15) is 24.1 Å². The molecule has 5 heteroatoms. The van der Waals surface area contributed by atoms with E-state index in [1.54, 1.807) is 11.3 Å². The van der Waals surface area contributed by atoms with E-state index >= 15 is 0 Å². The minimum Gasteiger partial charge on any atom is -0.375 e. The maximum Gasteiger partial charge on any atom is 0.181 e. The van der Waals surface area contributed by atoms with E-state index in [1.807, 2.05) is 18.7 Å². The molecule has 1 aromatic heterocycles. The number of aromatic nitrogens is 1. The van der Waals surface area contributed by atoms with Gasteiger partial charge in [0.2, 0.25) is 0 Å². The Balaban J connectivity index is 1.52. The number of thiazole rings is 1. The summed E-state index contributed by atoms with van der Waals surface area (Å²) >= 11 is 3.47. The number of hydrogen-bond acceptors (Lipinski definition) is 5. The van der Waals surface area contributed by atoms with E-state index in [0.717, 1.165) is 30.8 Å². The average Bonchev–Trinajstić information content (AvgIpc) is 2.86. The van der Waals surface area contributed by atoms with Crippen molar-refractivity contribution in [3.05, 3.63) is 47.7 Å². The van der Waals surface area contributed by atoms with Gasteiger partial charge < -0.3 is 11.1 Å². The van der Waals surface area contributed by atoms with Gasteiger partial charge in [-0.1, -0.05) is 47.7 Å². The van der Waals surface area contributed by atoms with E-state index < -0.39 is 0 Å². The van der Waals surface area contributed by atoms with Gasteiger partial charge in [0.1, 0.15) is 0 Å². The number of aryl methyl sites for hydroxylation is 1. The third kappa shape index (κ3) is 3.91. The second-order valence-electron chi connectivity index (χ2n) is 5.47. The smallest absolute Gasteiger partial charge is 0.181 e. The zero-order valence-electron chi connectivity index (χ0n) is 12.7. The van der Waals surface area contributed by atoms with E-state index in [1.165, 1.54) is 15.3 Å². The number of benzene rings is 1. The van der Waals surface area contributed by atoms with Crippen LogP contribution in [-0.2, 0) is 0 Å². The molecule has 116 valence electrons. The van der Waals surface area contributed by atoms with E-state index in [4.69, 9.17) is 5.73 Å². The SMILES string of the molecule is Cc1nc(N)sc1SCCC1CC(c2ccccc2)=CCN1. The van der Waals surface area contributed by atoms with Crippen molar-refractivity contribution < 1.29 is 0 Å². The lowest BCUT2D eigenvalue weighted by molar-refractivity contribution is 0.525. The van der Waals surface area contributed by atoms with Crippen LogP contribution in [0, 0.1) is 6.92 Å². The van der Waals surface area contributed by atoms with Gasteiger partial charge in [-0.25, -0.2) is 4.98 Å². The van der Waals surface area contributed by atoms with Crippen molar-refractivity contribution in [2.75, 3.05) is 18.0 Å². The Kier molecular flexibility index (Phi) is 5.18. The molecule has 1 aliphatic heterocycles. The zero-order valence-corrected chi connectivity index (χ0v) is 14.3. The molecule has 0 bridgehead atoms. The summed E-state index contributed by atoms with van der Waals surface area (Å²) in [5.74, 6) is 1.10. The molecule has 1 atom stereocenters. The first-order valence-corrected chi connectivity index (χ1v) is 9.36. The lowest BCUT2D eigenvalue weighted by Gasteiger charge is -2.24. The topological polar surface area (TPSA) is 50.9 Å². The Morgan fingerprint density at radius 2 is 2.18 bits per heavy atom. The van der Waals surface area contributed by atoms with Gasteiger partial charge in [-0.2, -0.15) is 0 Å². The van der Waals surface area contributed by atoms with Gasteiger partial charge in [0, 0.05) is 18.3 Å². The number of nitrogens with two attached hydrogens (primary N) is 1. The summed E-state index contributed by atoms with van der Waals surface area (Å²) in [6, 6.07) is 11.2. The number of nitrogens with zero attached hydrogens (tertiary/aromatic N) is 1. The van der Waals surface area contributed by atoms with E-state index in [0.29, 0.717) is 11.2 Å². The van der Waals surface area contributed by atoms with Gasteiger partial charge in [-0.05, 0) is 30.9 Å². The fraction of sp³-hybridized carbons (Fsp3) is 0.353. The molecule has 1 aromatic carbocycles. The maximum atomic E-state index is 5.75. The van der Waals surface area contributed by atoms with Crippen LogP contribution in [0.15, 0.2) is 40.6 Å². The Morgan fingerprint density at radius 1 is 1.36 bits per heavy atom. The molecule has 1 unspecified atom stereocenters. The molecule has 0 saturated heterocycles. The summed E-state index contributed by atoms with van der Waals surface area (Å²) in [5.41, 5.74) is 9.63. The largest absolute Gasteiger partial charge is 0.375 e. The zero-order chi connectivity index (χ0) is 15.4. The summed E-state index contributed by atoms with van der Waals surface area (Å²) < 4.78 is 1.26. The predicted octanol–water partition coefficient (Wildman–Crippen LogP) is 3.96. The first kappa shape index (κ1) is 15.6. The number of thioether (sulfide) groups is 1. The molecule has 3 N–H and O–H groups in total. The van der Waals surface area contributed by atoms with Crippen LogP contribution in [0.25, 0.3) is 5.57 Å². The molecule has 0 spiro atoms. The highest BCUT2D eigenvalue weighted by Crippen LogP contribution is 2.32. The first-order valence-electron chi connectivity index (χ1n) is 7.56. The van der Waals surface area contributed by atoms with Crippen LogP contribution < -0.4 is 11.1 Å². The van der Waals surface area contributed by atoms with Gasteiger partial charge in [-0.15, -0.1) is 11.8 Å². The van der Waals surface area contributed by atoms with Gasteiger partial charge in [-0.3, -0.25) is 0 Å². The van der Waals surface area contributed by atoms with Crippen LogP contribution in [0.4, 0.5) is 5.13 Å². The lowest BCUT2D eigenvalue weighted by Crippen LogP contribution is -2.33. The molecule has 22 heavy (non-hydrogen) atoms.